The molecule has 0 aliphatic carbocycles. The van der Waals surface area contributed by atoms with Crippen LogP contribution in [0.3, 0.4) is 0 Å². The molecule has 0 bridgehead atoms. The molecule has 26 heavy (non-hydrogen) atoms. The fourth-order valence-corrected chi connectivity index (χ4v) is 3.05. The largest absolute Gasteiger partial charge is 0.449 e. The molecule has 0 atom stereocenters. The first-order valence-corrected chi connectivity index (χ1v) is 9.03. The van der Waals surface area contributed by atoms with Crippen molar-refractivity contribution in [2.75, 3.05) is 6.61 Å². The summed E-state index contributed by atoms with van der Waals surface area (Å²) in [5.74, 6) is 0.326. The molecule has 0 spiro atoms. The van der Waals surface area contributed by atoms with Gasteiger partial charge < -0.3 is 9.14 Å². The second kappa shape index (κ2) is 8.39. The van der Waals surface area contributed by atoms with Crippen molar-refractivity contribution in [1.29, 1.82) is 0 Å². The fraction of sp³-hybridized carbons (Fsp3) is 0.167. The standard InChI is InChI=1S/C18H18N4O3S/c1-2-25-18(24)21-20-17(23)13-6-8-15(9-7-13)26-12-14-11-22-10-4-3-5-16(22)19-14/h3-11H,2,12H2,1H3,(H,20,23)(H,21,24). The number of thioether (sulfide) groups is 1. The van der Waals surface area contributed by atoms with Crippen LogP contribution in [0.15, 0.2) is 59.8 Å². The summed E-state index contributed by atoms with van der Waals surface area (Å²) < 4.78 is 6.65. The Kier molecular flexibility index (Phi) is 5.75. The Morgan fingerprint density at radius 3 is 2.69 bits per heavy atom. The number of hydrogen-bond acceptors (Lipinski definition) is 5. The highest BCUT2D eigenvalue weighted by Gasteiger charge is 2.08. The number of aromatic nitrogens is 2. The van der Waals surface area contributed by atoms with Crippen molar-refractivity contribution in [3.05, 3.63) is 66.1 Å². The van der Waals surface area contributed by atoms with Crippen LogP contribution in [0.1, 0.15) is 23.0 Å². The second-order valence-electron chi connectivity index (χ2n) is 5.31. The van der Waals surface area contributed by atoms with Gasteiger partial charge in [-0.1, -0.05) is 6.07 Å². The fourth-order valence-electron chi connectivity index (χ4n) is 2.26. The van der Waals surface area contributed by atoms with Gasteiger partial charge in [0.1, 0.15) is 5.65 Å². The zero-order valence-electron chi connectivity index (χ0n) is 14.1. The van der Waals surface area contributed by atoms with E-state index in [1.54, 1.807) is 30.8 Å². The lowest BCUT2D eigenvalue weighted by molar-refractivity contribution is 0.0912. The third-order valence-corrected chi connectivity index (χ3v) is 4.52. The number of benzene rings is 1. The number of nitrogens with one attached hydrogen (secondary N) is 2. The summed E-state index contributed by atoms with van der Waals surface area (Å²) in [7, 11) is 0. The van der Waals surface area contributed by atoms with Crippen LogP contribution in [0.25, 0.3) is 5.65 Å². The minimum Gasteiger partial charge on any atom is -0.449 e. The SMILES string of the molecule is CCOC(=O)NNC(=O)c1ccc(SCc2cn3ccccc3n2)cc1. The first-order valence-electron chi connectivity index (χ1n) is 8.04. The van der Waals surface area contributed by atoms with Crippen LogP contribution >= 0.6 is 11.8 Å². The van der Waals surface area contributed by atoms with Crippen molar-refractivity contribution in [3.8, 4) is 0 Å². The van der Waals surface area contributed by atoms with Crippen molar-refractivity contribution >= 4 is 29.4 Å². The molecule has 8 heteroatoms. The maximum atomic E-state index is 11.9. The molecule has 2 heterocycles. The van der Waals surface area contributed by atoms with Crippen LogP contribution in [-0.2, 0) is 10.5 Å². The van der Waals surface area contributed by atoms with Gasteiger partial charge in [-0.3, -0.25) is 10.2 Å². The maximum absolute atomic E-state index is 11.9. The number of pyridine rings is 1. The zero-order valence-corrected chi connectivity index (χ0v) is 15.0. The molecule has 134 valence electrons. The number of amides is 2. The lowest BCUT2D eigenvalue weighted by Gasteiger charge is -2.07. The van der Waals surface area contributed by atoms with Gasteiger partial charge in [0.2, 0.25) is 0 Å². The summed E-state index contributed by atoms with van der Waals surface area (Å²) in [6.45, 7) is 1.92. The van der Waals surface area contributed by atoms with Gasteiger partial charge in [0, 0.05) is 28.6 Å². The smallest absolute Gasteiger partial charge is 0.426 e. The summed E-state index contributed by atoms with van der Waals surface area (Å²) in [6.07, 6.45) is 3.28. The van der Waals surface area contributed by atoms with Crippen LogP contribution in [0.2, 0.25) is 0 Å². The molecule has 0 radical (unpaired) electrons. The van der Waals surface area contributed by atoms with E-state index < -0.39 is 12.0 Å². The summed E-state index contributed by atoms with van der Waals surface area (Å²) in [6, 6.07) is 13.0. The van der Waals surface area contributed by atoms with Crippen LogP contribution in [0.4, 0.5) is 4.79 Å². The minimum absolute atomic E-state index is 0.236. The van der Waals surface area contributed by atoms with E-state index in [4.69, 9.17) is 0 Å². The number of nitrogens with zero attached hydrogens (tertiary/aromatic N) is 2. The maximum Gasteiger partial charge on any atom is 0.426 e. The summed E-state index contributed by atoms with van der Waals surface area (Å²) >= 11 is 1.64. The van der Waals surface area contributed by atoms with Crippen molar-refractivity contribution in [2.24, 2.45) is 0 Å². The van der Waals surface area contributed by atoms with E-state index in [9.17, 15) is 9.59 Å². The topological polar surface area (TPSA) is 84.7 Å². The monoisotopic (exact) mass is 370 g/mol. The van der Waals surface area contributed by atoms with E-state index in [0.717, 1.165) is 22.0 Å². The molecule has 2 aromatic heterocycles. The molecule has 7 nitrogen and oxygen atoms in total. The Labute approximate surface area is 154 Å². The third-order valence-electron chi connectivity index (χ3n) is 3.47. The number of fused-ring (bicyclic) bond motifs is 1. The average Bonchev–Trinajstić information content (AvgIpc) is 3.08. The average molecular weight is 370 g/mol. The molecule has 0 fully saturated rings. The van der Waals surface area contributed by atoms with Crippen molar-refractivity contribution in [3.63, 3.8) is 0 Å². The molecule has 0 unspecified atom stereocenters. The van der Waals surface area contributed by atoms with E-state index in [1.807, 2.05) is 47.1 Å². The van der Waals surface area contributed by atoms with Gasteiger partial charge in [-0.2, -0.15) is 0 Å². The predicted molar refractivity (Wildman–Crippen MR) is 98.8 cm³/mol. The number of rotatable bonds is 5. The Balaban J connectivity index is 1.53. The summed E-state index contributed by atoms with van der Waals surface area (Å²) in [4.78, 5) is 28.7. The van der Waals surface area contributed by atoms with E-state index in [0.29, 0.717) is 5.56 Å². The highest BCUT2D eigenvalue weighted by Crippen LogP contribution is 2.23. The number of imidazole rings is 1. The molecule has 1 aromatic carbocycles. The van der Waals surface area contributed by atoms with E-state index in [1.165, 1.54) is 0 Å². The first kappa shape index (κ1) is 17.8. The van der Waals surface area contributed by atoms with Crippen LogP contribution in [0.5, 0.6) is 0 Å². The van der Waals surface area contributed by atoms with Crippen LogP contribution < -0.4 is 10.9 Å². The van der Waals surface area contributed by atoms with Crippen LogP contribution in [0, 0.1) is 0 Å². The Bertz CT molecular complexity index is 875. The molecule has 0 saturated heterocycles. The van der Waals surface area contributed by atoms with Crippen molar-refractivity contribution in [2.45, 2.75) is 17.6 Å². The van der Waals surface area contributed by atoms with Crippen molar-refractivity contribution < 1.29 is 14.3 Å². The van der Waals surface area contributed by atoms with Gasteiger partial charge in [-0.15, -0.1) is 11.8 Å². The third kappa shape index (κ3) is 4.54. The first-order chi connectivity index (χ1) is 12.7. The number of hydrogen-bond donors (Lipinski definition) is 2. The Hall–Kier alpha value is -3.00. The molecule has 2 N–H and O–H groups in total. The second-order valence-corrected chi connectivity index (χ2v) is 6.36. The van der Waals surface area contributed by atoms with Crippen molar-refractivity contribution in [1.82, 2.24) is 20.2 Å². The van der Waals surface area contributed by atoms with Gasteiger partial charge >= 0.3 is 6.09 Å². The molecule has 3 rings (SSSR count). The van der Waals surface area contributed by atoms with Crippen LogP contribution in [-0.4, -0.2) is 28.0 Å². The van der Waals surface area contributed by atoms with E-state index in [2.05, 4.69) is 20.6 Å². The van der Waals surface area contributed by atoms with Gasteiger partial charge in [-0.05, 0) is 43.3 Å². The Morgan fingerprint density at radius 2 is 1.96 bits per heavy atom. The lowest BCUT2D eigenvalue weighted by Crippen LogP contribution is -2.41. The number of carbonyl (C=O) groups is 2. The highest BCUT2D eigenvalue weighted by atomic mass is 32.2. The number of carbonyl (C=O) groups excluding carboxylic acids is 2. The van der Waals surface area contributed by atoms with Gasteiger partial charge in [-0.25, -0.2) is 15.2 Å². The van der Waals surface area contributed by atoms with Gasteiger partial charge in [0.15, 0.2) is 0 Å². The number of hydrazine groups is 1. The lowest BCUT2D eigenvalue weighted by atomic mass is 10.2. The molecule has 0 saturated carbocycles. The van der Waals surface area contributed by atoms with E-state index in [-0.39, 0.29) is 6.61 Å². The zero-order chi connectivity index (χ0) is 18.4. The summed E-state index contributed by atoms with van der Waals surface area (Å²) in [5.41, 5.74) is 6.82. The minimum atomic E-state index is -0.694. The van der Waals surface area contributed by atoms with Gasteiger partial charge in [0.25, 0.3) is 5.91 Å². The van der Waals surface area contributed by atoms with E-state index >= 15 is 0 Å². The molecule has 0 aliphatic rings. The number of ether oxygens (including phenoxy) is 1. The molecular weight excluding hydrogens is 352 g/mol. The molecule has 3 aromatic rings. The highest BCUT2D eigenvalue weighted by molar-refractivity contribution is 7.98. The van der Waals surface area contributed by atoms with Gasteiger partial charge in [0.05, 0.1) is 12.3 Å². The summed E-state index contributed by atoms with van der Waals surface area (Å²) in [5, 5.41) is 0. The Morgan fingerprint density at radius 1 is 1.15 bits per heavy atom. The quantitative estimate of drug-likeness (QED) is 0.533. The predicted octanol–water partition coefficient (Wildman–Crippen LogP) is 3.02. The molecular formula is C18H18N4O3S. The molecule has 2 amide bonds. The normalized spacial score (nSPS) is 10.5. The molecule has 0 aliphatic heterocycles.